The lowest BCUT2D eigenvalue weighted by Crippen LogP contribution is -2.14. The third-order valence-corrected chi connectivity index (χ3v) is 3.65. The number of nitrogens with zero attached hydrogens (tertiary/aromatic N) is 3. The fourth-order valence-corrected chi connectivity index (χ4v) is 2.36. The molecular formula is C12H13BrN4S. The zero-order valence-electron chi connectivity index (χ0n) is 9.93. The van der Waals surface area contributed by atoms with Crippen LogP contribution in [0.25, 0.3) is 0 Å². The number of thiocarbonyl (C=S) groups is 1. The van der Waals surface area contributed by atoms with Crippen LogP contribution in [-0.4, -0.2) is 20.0 Å². The Kier molecular flexibility index (Phi) is 4.08. The van der Waals surface area contributed by atoms with Gasteiger partial charge < -0.3 is 5.73 Å². The smallest absolute Gasteiger partial charge is 0.143 e. The Morgan fingerprint density at radius 3 is 2.78 bits per heavy atom. The molecule has 0 bridgehead atoms. The molecule has 2 rings (SSSR count). The van der Waals surface area contributed by atoms with Gasteiger partial charge in [0.15, 0.2) is 0 Å². The summed E-state index contributed by atoms with van der Waals surface area (Å²) in [5.74, 6) is 0. The van der Waals surface area contributed by atoms with Gasteiger partial charge in [0.25, 0.3) is 0 Å². The molecule has 0 saturated heterocycles. The molecule has 2 aromatic rings. The zero-order chi connectivity index (χ0) is 13.1. The van der Waals surface area contributed by atoms with Gasteiger partial charge in [0.1, 0.15) is 10.7 Å². The standard InChI is InChI=1S/C12H13BrN4S/c1-2-10-11(12(14)18)15-16-17(10)7-8-5-3-4-6-9(8)13/h3-6H,2,7H2,1H3,(H2,14,18). The van der Waals surface area contributed by atoms with Crippen molar-refractivity contribution < 1.29 is 0 Å². The summed E-state index contributed by atoms with van der Waals surface area (Å²) in [5.41, 5.74) is 8.37. The van der Waals surface area contributed by atoms with Crippen LogP contribution in [0.5, 0.6) is 0 Å². The van der Waals surface area contributed by atoms with Gasteiger partial charge in [-0.05, 0) is 18.1 Å². The third-order valence-electron chi connectivity index (χ3n) is 2.68. The second-order valence-electron chi connectivity index (χ2n) is 3.85. The molecule has 1 aromatic carbocycles. The van der Waals surface area contributed by atoms with Crippen LogP contribution in [0.1, 0.15) is 23.9 Å². The minimum atomic E-state index is 0.297. The lowest BCUT2D eigenvalue weighted by atomic mass is 10.2. The van der Waals surface area contributed by atoms with E-state index in [1.165, 1.54) is 0 Å². The van der Waals surface area contributed by atoms with Crippen molar-refractivity contribution in [1.29, 1.82) is 0 Å². The summed E-state index contributed by atoms with van der Waals surface area (Å²) in [6, 6.07) is 8.03. The quantitative estimate of drug-likeness (QED) is 0.877. The van der Waals surface area contributed by atoms with Crippen LogP contribution in [0.15, 0.2) is 28.7 Å². The highest BCUT2D eigenvalue weighted by Gasteiger charge is 2.14. The molecule has 0 radical (unpaired) electrons. The van der Waals surface area contributed by atoms with Gasteiger partial charge in [0.2, 0.25) is 0 Å². The Hall–Kier alpha value is -1.27. The van der Waals surface area contributed by atoms with Gasteiger partial charge >= 0.3 is 0 Å². The lowest BCUT2D eigenvalue weighted by molar-refractivity contribution is 0.620. The first-order valence-electron chi connectivity index (χ1n) is 5.59. The first kappa shape index (κ1) is 13.2. The molecule has 94 valence electrons. The van der Waals surface area contributed by atoms with E-state index in [1.54, 1.807) is 0 Å². The van der Waals surface area contributed by atoms with E-state index >= 15 is 0 Å². The summed E-state index contributed by atoms with van der Waals surface area (Å²) >= 11 is 8.50. The minimum Gasteiger partial charge on any atom is -0.388 e. The number of hydrogen-bond acceptors (Lipinski definition) is 3. The molecule has 0 aliphatic heterocycles. The van der Waals surface area contributed by atoms with E-state index in [0.717, 1.165) is 22.2 Å². The van der Waals surface area contributed by atoms with Crippen LogP contribution in [0.3, 0.4) is 0 Å². The Morgan fingerprint density at radius 1 is 1.44 bits per heavy atom. The molecule has 1 aromatic heterocycles. The number of halogens is 1. The molecule has 0 aliphatic carbocycles. The van der Waals surface area contributed by atoms with Crippen LogP contribution < -0.4 is 5.73 Å². The molecule has 0 saturated carbocycles. The topological polar surface area (TPSA) is 56.7 Å². The Balaban J connectivity index is 2.35. The predicted octanol–water partition coefficient (Wildman–Crippen LogP) is 2.29. The molecule has 6 heteroatoms. The molecular weight excluding hydrogens is 312 g/mol. The first-order valence-corrected chi connectivity index (χ1v) is 6.79. The van der Waals surface area contributed by atoms with Crippen molar-refractivity contribution in [2.45, 2.75) is 19.9 Å². The Bertz CT molecular complexity index is 579. The minimum absolute atomic E-state index is 0.297. The maximum absolute atomic E-state index is 5.63. The number of hydrogen-bond donors (Lipinski definition) is 1. The summed E-state index contributed by atoms with van der Waals surface area (Å²) in [6.07, 6.45) is 0.796. The highest BCUT2D eigenvalue weighted by atomic mass is 79.9. The van der Waals surface area contributed by atoms with Gasteiger partial charge in [-0.3, -0.25) is 0 Å². The second kappa shape index (κ2) is 5.58. The van der Waals surface area contributed by atoms with Gasteiger partial charge in [-0.2, -0.15) is 0 Å². The summed E-state index contributed by atoms with van der Waals surface area (Å²) in [7, 11) is 0. The number of rotatable bonds is 4. The fourth-order valence-electron chi connectivity index (χ4n) is 1.79. The number of aromatic nitrogens is 3. The van der Waals surface area contributed by atoms with E-state index in [0.29, 0.717) is 17.2 Å². The fraction of sp³-hybridized carbons (Fsp3) is 0.250. The van der Waals surface area contributed by atoms with Crippen molar-refractivity contribution in [2.75, 3.05) is 0 Å². The molecule has 18 heavy (non-hydrogen) atoms. The molecule has 0 aliphatic rings. The SMILES string of the molecule is CCc1c(C(N)=S)nnn1Cc1ccccc1Br. The molecule has 2 N–H and O–H groups in total. The summed E-state index contributed by atoms with van der Waals surface area (Å²) in [5, 5.41) is 8.17. The maximum atomic E-state index is 5.63. The Labute approximate surface area is 119 Å². The first-order chi connectivity index (χ1) is 8.63. The highest BCUT2D eigenvalue weighted by molar-refractivity contribution is 9.10. The normalized spacial score (nSPS) is 10.6. The summed E-state index contributed by atoms with van der Waals surface area (Å²) in [6.45, 7) is 2.69. The average molecular weight is 325 g/mol. The van der Waals surface area contributed by atoms with E-state index in [1.807, 2.05) is 35.9 Å². The number of benzene rings is 1. The highest BCUT2D eigenvalue weighted by Crippen LogP contribution is 2.18. The van der Waals surface area contributed by atoms with Gasteiger partial charge in [-0.25, -0.2) is 4.68 Å². The third kappa shape index (κ3) is 2.59. The van der Waals surface area contributed by atoms with Crippen molar-refractivity contribution >= 4 is 33.1 Å². The summed E-state index contributed by atoms with van der Waals surface area (Å²) in [4.78, 5) is 0.297. The van der Waals surface area contributed by atoms with E-state index in [-0.39, 0.29) is 0 Å². The van der Waals surface area contributed by atoms with Crippen LogP contribution in [0.2, 0.25) is 0 Å². The van der Waals surface area contributed by atoms with Crippen LogP contribution in [0, 0.1) is 0 Å². The van der Waals surface area contributed by atoms with Crippen molar-refractivity contribution in [3.8, 4) is 0 Å². The molecule has 0 amide bonds. The van der Waals surface area contributed by atoms with Gasteiger partial charge in [-0.1, -0.05) is 58.5 Å². The van der Waals surface area contributed by atoms with Crippen molar-refractivity contribution in [1.82, 2.24) is 15.0 Å². The van der Waals surface area contributed by atoms with Crippen LogP contribution in [-0.2, 0) is 13.0 Å². The van der Waals surface area contributed by atoms with E-state index in [4.69, 9.17) is 18.0 Å². The van der Waals surface area contributed by atoms with Crippen molar-refractivity contribution in [2.24, 2.45) is 5.73 Å². The number of nitrogens with two attached hydrogens (primary N) is 1. The summed E-state index contributed by atoms with van der Waals surface area (Å²) < 4.78 is 2.90. The van der Waals surface area contributed by atoms with Gasteiger partial charge in [0.05, 0.1) is 12.2 Å². The van der Waals surface area contributed by atoms with Crippen molar-refractivity contribution in [3.05, 3.63) is 45.7 Å². The monoisotopic (exact) mass is 324 g/mol. The molecule has 0 spiro atoms. The molecule has 0 atom stereocenters. The maximum Gasteiger partial charge on any atom is 0.143 e. The molecule has 1 heterocycles. The molecule has 0 unspecified atom stereocenters. The Morgan fingerprint density at radius 2 is 2.17 bits per heavy atom. The predicted molar refractivity (Wildman–Crippen MR) is 78.5 cm³/mol. The van der Waals surface area contributed by atoms with Gasteiger partial charge in [0, 0.05) is 4.47 Å². The molecule has 4 nitrogen and oxygen atoms in total. The second-order valence-corrected chi connectivity index (χ2v) is 5.15. The van der Waals surface area contributed by atoms with E-state index in [9.17, 15) is 0 Å². The van der Waals surface area contributed by atoms with Crippen LogP contribution >= 0.6 is 28.1 Å². The molecule has 0 fully saturated rings. The lowest BCUT2D eigenvalue weighted by Gasteiger charge is -2.07. The van der Waals surface area contributed by atoms with Crippen LogP contribution in [0.4, 0.5) is 0 Å². The largest absolute Gasteiger partial charge is 0.388 e. The average Bonchev–Trinajstić information content (AvgIpc) is 2.75. The van der Waals surface area contributed by atoms with E-state index in [2.05, 4.69) is 26.2 Å². The van der Waals surface area contributed by atoms with Crippen molar-refractivity contribution in [3.63, 3.8) is 0 Å². The van der Waals surface area contributed by atoms with E-state index < -0.39 is 0 Å². The zero-order valence-corrected chi connectivity index (χ0v) is 12.3. The van der Waals surface area contributed by atoms with Gasteiger partial charge in [-0.15, -0.1) is 5.10 Å².